The number of benzene rings is 1. The van der Waals surface area contributed by atoms with Gasteiger partial charge in [-0.25, -0.2) is 4.98 Å². The van der Waals surface area contributed by atoms with Crippen LogP contribution in [0.25, 0.3) is 10.9 Å². The fourth-order valence-corrected chi connectivity index (χ4v) is 3.83. The molecule has 0 aliphatic carbocycles. The van der Waals surface area contributed by atoms with Gasteiger partial charge in [-0.1, -0.05) is 0 Å². The van der Waals surface area contributed by atoms with E-state index >= 15 is 0 Å². The first-order valence-corrected chi connectivity index (χ1v) is 8.58. The molecular formula is C16H17N5OS. The molecule has 0 spiro atoms. The molecule has 1 aliphatic heterocycles. The standard InChI is InChI=1S/C16H17N5OS/c22-15(19-12-2-1-11-8-18-21-13(11)7-12)14-9-23-16(20-14)10-3-5-17-6-4-10/h1-2,7-10,17H,3-6H2,(H,18,21)(H,19,22). The van der Waals surface area contributed by atoms with Crippen LogP contribution in [0.1, 0.15) is 34.3 Å². The van der Waals surface area contributed by atoms with Gasteiger partial charge in [0.15, 0.2) is 0 Å². The lowest BCUT2D eigenvalue weighted by atomic mass is 9.99. The number of thiazole rings is 1. The lowest BCUT2D eigenvalue weighted by molar-refractivity contribution is 0.102. The van der Waals surface area contributed by atoms with Gasteiger partial charge in [-0.05, 0) is 44.1 Å². The second kappa shape index (κ2) is 6.10. The highest BCUT2D eigenvalue weighted by molar-refractivity contribution is 7.09. The number of nitrogens with one attached hydrogen (secondary N) is 3. The molecule has 1 saturated heterocycles. The molecule has 1 aromatic carbocycles. The monoisotopic (exact) mass is 327 g/mol. The Kier molecular flexibility index (Phi) is 3.80. The smallest absolute Gasteiger partial charge is 0.275 e. The summed E-state index contributed by atoms with van der Waals surface area (Å²) >= 11 is 1.58. The highest BCUT2D eigenvalue weighted by Gasteiger charge is 2.20. The number of aromatic amines is 1. The minimum atomic E-state index is -0.166. The Morgan fingerprint density at radius 3 is 3.04 bits per heavy atom. The van der Waals surface area contributed by atoms with Crippen LogP contribution in [0, 0.1) is 0 Å². The average Bonchev–Trinajstić information content (AvgIpc) is 3.24. The van der Waals surface area contributed by atoms with Crippen molar-refractivity contribution < 1.29 is 4.79 Å². The van der Waals surface area contributed by atoms with Crippen LogP contribution < -0.4 is 10.6 Å². The van der Waals surface area contributed by atoms with Gasteiger partial charge in [-0.15, -0.1) is 11.3 Å². The Morgan fingerprint density at radius 1 is 1.30 bits per heavy atom. The summed E-state index contributed by atoms with van der Waals surface area (Å²) in [6.07, 6.45) is 3.93. The summed E-state index contributed by atoms with van der Waals surface area (Å²) in [4.78, 5) is 16.9. The molecule has 1 amide bonds. The quantitative estimate of drug-likeness (QED) is 0.691. The van der Waals surface area contributed by atoms with Crippen LogP contribution >= 0.6 is 11.3 Å². The van der Waals surface area contributed by atoms with Gasteiger partial charge in [0.2, 0.25) is 0 Å². The van der Waals surface area contributed by atoms with Crippen molar-refractivity contribution in [2.75, 3.05) is 18.4 Å². The Hall–Kier alpha value is -2.25. The zero-order valence-corrected chi connectivity index (χ0v) is 13.3. The van der Waals surface area contributed by atoms with E-state index in [4.69, 9.17) is 0 Å². The van der Waals surface area contributed by atoms with Gasteiger partial charge in [0.25, 0.3) is 5.91 Å². The van der Waals surface area contributed by atoms with E-state index in [1.807, 2.05) is 23.6 Å². The molecule has 6 nitrogen and oxygen atoms in total. The second-order valence-electron chi connectivity index (χ2n) is 5.72. The van der Waals surface area contributed by atoms with E-state index in [-0.39, 0.29) is 5.91 Å². The van der Waals surface area contributed by atoms with Gasteiger partial charge in [-0.2, -0.15) is 5.10 Å². The van der Waals surface area contributed by atoms with Crippen molar-refractivity contribution in [3.8, 4) is 0 Å². The number of rotatable bonds is 3. The molecule has 0 saturated carbocycles. The first-order valence-electron chi connectivity index (χ1n) is 7.70. The Bertz CT molecular complexity index is 834. The van der Waals surface area contributed by atoms with Crippen molar-refractivity contribution >= 4 is 33.8 Å². The second-order valence-corrected chi connectivity index (χ2v) is 6.61. The van der Waals surface area contributed by atoms with E-state index in [0.29, 0.717) is 11.6 Å². The first kappa shape index (κ1) is 14.3. The van der Waals surface area contributed by atoms with Crippen LogP contribution in [-0.2, 0) is 0 Å². The maximum Gasteiger partial charge on any atom is 0.275 e. The molecule has 7 heteroatoms. The van der Waals surface area contributed by atoms with Crippen LogP contribution in [0.2, 0.25) is 0 Å². The van der Waals surface area contributed by atoms with Gasteiger partial charge in [0.1, 0.15) is 5.69 Å². The number of H-pyrrole nitrogens is 1. The lowest BCUT2D eigenvalue weighted by Gasteiger charge is -2.20. The van der Waals surface area contributed by atoms with Crippen LogP contribution in [-0.4, -0.2) is 34.2 Å². The van der Waals surface area contributed by atoms with E-state index in [1.54, 1.807) is 17.5 Å². The van der Waals surface area contributed by atoms with E-state index in [1.165, 1.54) is 0 Å². The topological polar surface area (TPSA) is 82.7 Å². The maximum atomic E-state index is 12.4. The predicted octanol–water partition coefficient (Wildman–Crippen LogP) is 2.74. The average molecular weight is 327 g/mol. The lowest BCUT2D eigenvalue weighted by Crippen LogP contribution is -2.26. The number of anilines is 1. The molecule has 3 N–H and O–H groups in total. The normalized spacial score (nSPS) is 15.8. The summed E-state index contributed by atoms with van der Waals surface area (Å²) in [5, 5.41) is 17.1. The molecule has 0 unspecified atom stereocenters. The molecular weight excluding hydrogens is 310 g/mol. The minimum Gasteiger partial charge on any atom is -0.321 e. The van der Waals surface area contributed by atoms with Gasteiger partial charge < -0.3 is 10.6 Å². The SMILES string of the molecule is O=C(Nc1ccc2cn[nH]c2c1)c1csc(C2CCNCC2)n1. The summed E-state index contributed by atoms with van der Waals surface area (Å²) < 4.78 is 0. The van der Waals surface area contributed by atoms with Crippen molar-refractivity contribution in [1.82, 2.24) is 20.5 Å². The summed E-state index contributed by atoms with van der Waals surface area (Å²) in [6, 6.07) is 5.67. The molecule has 4 rings (SSSR count). The number of piperidine rings is 1. The van der Waals surface area contributed by atoms with Crippen molar-refractivity contribution in [3.05, 3.63) is 40.5 Å². The first-order chi connectivity index (χ1) is 11.3. The number of hydrogen-bond acceptors (Lipinski definition) is 5. The Balaban J connectivity index is 1.49. The minimum absolute atomic E-state index is 0.166. The van der Waals surface area contributed by atoms with Crippen LogP contribution in [0.5, 0.6) is 0 Å². The van der Waals surface area contributed by atoms with Crippen molar-refractivity contribution in [2.24, 2.45) is 0 Å². The van der Waals surface area contributed by atoms with Crippen LogP contribution in [0.4, 0.5) is 5.69 Å². The zero-order valence-electron chi connectivity index (χ0n) is 12.5. The summed E-state index contributed by atoms with van der Waals surface area (Å²) in [7, 11) is 0. The number of carbonyl (C=O) groups is 1. The number of aromatic nitrogens is 3. The summed E-state index contributed by atoms with van der Waals surface area (Å²) in [5.74, 6) is 0.310. The predicted molar refractivity (Wildman–Crippen MR) is 91.0 cm³/mol. The zero-order chi connectivity index (χ0) is 15.6. The molecule has 3 aromatic rings. The van der Waals surface area contributed by atoms with Crippen LogP contribution in [0.3, 0.4) is 0 Å². The van der Waals surface area contributed by atoms with Gasteiger partial charge in [0.05, 0.1) is 16.7 Å². The highest BCUT2D eigenvalue weighted by atomic mass is 32.1. The van der Waals surface area contributed by atoms with Gasteiger partial charge >= 0.3 is 0 Å². The highest BCUT2D eigenvalue weighted by Crippen LogP contribution is 2.28. The molecule has 0 atom stereocenters. The van der Waals surface area contributed by atoms with E-state index in [2.05, 4.69) is 25.8 Å². The van der Waals surface area contributed by atoms with E-state index < -0.39 is 0 Å². The Morgan fingerprint density at radius 2 is 2.17 bits per heavy atom. The molecule has 2 aromatic heterocycles. The molecule has 0 radical (unpaired) electrons. The third-order valence-electron chi connectivity index (χ3n) is 4.14. The van der Waals surface area contributed by atoms with Crippen molar-refractivity contribution in [1.29, 1.82) is 0 Å². The number of fused-ring (bicyclic) bond motifs is 1. The van der Waals surface area contributed by atoms with E-state index in [0.717, 1.165) is 47.5 Å². The molecule has 0 bridgehead atoms. The van der Waals surface area contributed by atoms with Crippen molar-refractivity contribution in [2.45, 2.75) is 18.8 Å². The van der Waals surface area contributed by atoms with Gasteiger partial charge in [0, 0.05) is 22.4 Å². The molecule has 118 valence electrons. The van der Waals surface area contributed by atoms with Gasteiger partial charge in [-0.3, -0.25) is 9.89 Å². The molecule has 23 heavy (non-hydrogen) atoms. The fraction of sp³-hybridized carbons (Fsp3) is 0.312. The molecule has 1 aliphatic rings. The maximum absolute atomic E-state index is 12.4. The summed E-state index contributed by atoms with van der Waals surface area (Å²) in [5.41, 5.74) is 2.13. The third-order valence-corrected chi connectivity index (χ3v) is 5.15. The number of hydrogen-bond donors (Lipinski definition) is 3. The molecule has 3 heterocycles. The number of carbonyl (C=O) groups excluding carboxylic acids is 1. The molecule has 1 fully saturated rings. The van der Waals surface area contributed by atoms with Crippen LogP contribution in [0.15, 0.2) is 29.8 Å². The third kappa shape index (κ3) is 2.97. The van der Waals surface area contributed by atoms with Crippen molar-refractivity contribution in [3.63, 3.8) is 0 Å². The largest absolute Gasteiger partial charge is 0.321 e. The van der Waals surface area contributed by atoms with E-state index in [9.17, 15) is 4.79 Å². The fourth-order valence-electron chi connectivity index (χ4n) is 2.86. The Labute approximate surface area is 137 Å². The number of amides is 1. The number of nitrogens with zero attached hydrogens (tertiary/aromatic N) is 2. The summed E-state index contributed by atoms with van der Waals surface area (Å²) in [6.45, 7) is 2.05.